The number of thiazole rings is 1. The normalized spacial score (nSPS) is 11.4. The van der Waals surface area contributed by atoms with Gasteiger partial charge in [-0.15, -0.1) is 22.7 Å². The van der Waals surface area contributed by atoms with Gasteiger partial charge in [0.05, 0.1) is 21.8 Å². The van der Waals surface area contributed by atoms with E-state index in [4.69, 9.17) is 4.98 Å². The Morgan fingerprint density at radius 2 is 1.84 bits per heavy atom. The predicted octanol–water partition coefficient (Wildman–Crippen LogP) is 4.71. The Kier molecular flexibility index (Phi) is 3.81. The summed E-state index contributed by atoms with van der Waals surface area (Å²) in [5, 5.41) is 8.32. The minimum atomic E-state index is -0.0999. The first kappa shape index (κ1) is 16.2. The SMILES string of the molecule is Cc1nn(C)c(=O)c(-c2nc(-c3sc4ccccc4c3C)cs2)c1C. The Labute approximate surface area is 153 Å². The smallest absolute Gasteiger partial charge is 0.267 e. The van der Waals surface area contributed by atoms with Gasteiger partial charge in [0.2, 0.25) is 0 Å². The van der Waals surface area contributed by atoms with Crippen molar-refractivity contribution in [3.63, 3.8) is 0 Å². The van der Waals surface area contributed by atoms with Gasteiger partial charge < -0.3 is 0 Å². The summed E-state index contributed by atoms with van der Waals surface area (Å²) in [5.41, 5.74) is 4.49. The molecule has 1 aromatic carbocycles. The monoisotopic (exact) mass is 367 g/mol. The van der Waals surface area contributed by atoms with Gasteiger partial charge in [-0.3, -0.25) is 4.79 Å². The topological polar surface area (TPSA) is 47.8 Å². The fraction of sp³-hybridized carbons (Fsp3) is 0.211. The third-order valence-corrected chi connectivity index (χ3v) is 6.67. The van der Waals surface area contributed by atoms with Crippen molar-refractivity contribution in [1.82, 2.24) is 14.8 Å². The molecule has 0 aliphatic rings. The standard InChI is InChI=1S/C19H17N3OS2/c1-10-12(3)21-22(4)19(23)16(10)18-20-14(9-24-18)17-11(2)13-7-5-6-8-15(13)25-17/h5-9H,1-4H3. The molecule has 4 nitrogen and oxygen atoms in total. The number of aryl methyl sites for hydroxylation is 3. The second kappa shape index (κ2) is 5.89. The van der Waals surface area contributed by atoms with E-state index in [1.54, 1.807) is 18.4 Å². The van der Waals surface area contributed by atoms with E-state index in [1.165, 1.54) is 36.5 Å². The zero-order valence-corrected chi connectivity index (χ0v) is 16.1. The molecule has 0 amide bonds. The van der Waals surface area contributed by atoms with E-state index >= 15 is 0 Å². The Balaban J connectivity index is 1.89. The van der Waals surface area contributed by atoms with E-state index in [-0.39, 0.29) is 5.56 Å². The van der Waals surface area contributed by atoms with Crippen LogP contribution in [-0.2, 0) is 7.05 Å². The Morgan fingerprint density at radius 1 is 1.08 bits per heavy atom. The zero-order chi connectivity index (χ0) is 17.7. The molecule has 0 unspecified atom stereocenters. The molecule has 3 heterocycles. The van der Waals surface area contributed by atoms with Gasteiger partial charge in [0, 0.05) is 17.1 Å². The first-order valence-electron chi connectivity index (χ1n) is 7.96. The fourth-order valence-electron chi connectivity index (χ4n) is 3.01. The van der Waals surface area contributed by atoms with Gasteiger partial charge in [-0.05, 0) is 43.4 Å². The number of benzene rings is 1. The summed E-state index contributed by atoms with van der Waals surface area (Å²) in [6, 6.07) is 8.40. The highest BCUT2D eigenvalue weighted by molar-refractivity contribution is 7.22. The second-order valence-corrected chi connectivity index (χ2v) is 8.01. The Bertz CT molecular complexity index is 1170. The van der Waals surface area contributed by atoms with Crippen LogP contribution in [0.15, 0.2) is 34.4 Å². The molecule has 0 N–H and O–H groups in total. The van der Waals surface area contributed by atoms with Crippen LogP contribution in [-0.4, -0.2) is 14.8 Å². The number of hydrogen-bond donors (Lipinski definition) is 0. The van der Waals surface area contributed by atoms with Crippen molar-refractivity contribution in [3.8, 4) is 21.1 Å². The Hall–Kier alpha value is -2.31. The van der Waals surface area contributed by atoms with Gasteiger partial charge in [-0.25, -0.2) is 9.67 Å². The molecule has 0 fully saturated rings. The molecule has 126 valence electrons. The average Bonchev–Trinajstić information content (AvgIpc) is 3.19. The summed E-state index contributed by atoms with van der Waals surface area (Å²) in [7, 11) is 1.68. The molecule has 4 aromatic rings. The maximum Gasteiger partial charge on any atom is 0.277 e. The van der Waals surface area contributed by atoms with E-state index in [9.17, 15) is 4.79 Å². The van der Waals surface area contributed by atoms with Crippen molar-refractivity contribution in [1.29, 1.82) is 0 Å². The lowest BCUT2D eigenvalue weighted by molar-refractivity contribution is 0.690. The van der Waals surface area contributed by atoms with Crippen LogP contribution in [0, 0.1) is 20.8 Å². The van der Waals surface area contributed by atoms with Crippen LogP contribution < -0.4 is 5.56 Å². The molecule has 0 saturated heterocycles. The minimum Gasteiger partial charge on any atom is -0.267 e. The largest absolute Gasteiger partial charge is 0.277 e. The van der Waals surface area contributed by atoms with Crippen LogP contribution in [0.2, 0.25) is 0 Å². The van der Waals surface area contributed by atoms with Crippen LogP contribution in [0.5, 0.6) is 0 Å². The van der Waals surface area contributed by atoms with E-state index in [2.05, 4.69) is 36.3 Å². The first-order valence-corrected chi connectivity index (χ1v) is 9.66. The quantitative estimate of drug-likeness (QED) is 0.515. The molecule has 0 aliphatic carbocycles. The summed E-state index contributed by atoms with van der Waals surface area (Å²) in [6.45, 7) is 5.99. The van der Waals surface area contributed by atoms with Crippen molar-refractivity contribution >= 4 is 32.8 Å². The van der Waals surface area contributed by atoms with Gasteiger partial charge in [0.1, 0.15) is 5.01 Å². The van der Waals surface area contributed by atoms with E-state index in [0.29, 0.717) is 5.56 Å². The van der Waals surface area contributed by atoms with Crippen molar-refractivity contribution in [3.05, 3.63) is 56.8 Å². The molecular weight excluding hydrogens is 350 g/mol. The van der Waals surface area contributed by atoms with Gasteiger partial charge in [0.15, 0.2) is 0 Å². The third kappa shape index (κ3) is 2.53. The molecule has 0 radical (unpaired) electrons. The number of nitrogens with zero attached hydrogens (tertiary/aromatic N) is 3. The lowest BCUT2D eigenvalue weighted by Crippen LogP contribution is -2.23. The van der Waals surface area contributed by atoms with Crippen molar-refractivity contribution in [2.75, 3.05) is 0 Å². The number of thiophene rings is 1. The highest BCUT2D eigenvalue weighted by Crippen LogP contribution is 2.39. The highest BCUT2D eigenvalue weighted by atomic mass is 32.1. The summed E-state index contributed by atoms with van der Waals surface area (Å²) in [6.07, 6.45) is 0. The number of fused-ring (bicyclic) bond motifs is 1. The van der Waals surface area contributed by atoms with Crippen LogP contribution in [0.3, 0.4) is 0 Å². The van der Waals surface area contributed by atoms with Crippen molar-refractivity contribution in [2.45, 2.75) is 20.8 Å². The number of aromatic nitrogens is 3. The summed E-state index contributed by atoms with van der Waals surface area (Å²) in [5.74, 6) is 0. The molecule has 0 saturated carbocycles. The number of rotatable bonds is 2. The van der Waals surface area contributed by atoms with E-state index < -0.39 is 0 Å². The predicted molar refractivity (Wildman–Crippen MR) is 106 cm³/mol. The van der Waals surface area contributed by atoms with Gasteiger partial charge in [0.25, 0.3) is 5.56 Å². The second-order valence-electron chi connectivity index (χ2n) is 6.10. The van der Waals surface area contributed by atoms with Crippen LogP contribution in [0.1, 0.15) is 16.8 Å². The molecule has 4 rings (SSSR count). The lowest BCUT2D eigenvalue weighted by Gasteiger charge is -2.07. The van der Waals surface area contributed by atoms with Crippen LogP contribution in [0.4, 0.5) is 0 Å². The molecule has 0 atom stereocenters. The van der Waals surface area contributed by atoms with Crippen molar-refractivity contribution < 1.29 is 0 Å². The Morgan fingerprint density at radius 3 is 2.60 bits per heavy atom. The molecule has 0 spiro atoms. The van der Waals surface area contributed by atoms with Crippen LogP contribution >= 0.6 is 22.7 Å². The number of hydrogen-bond acceptors (Lipinski definition) is 5. The highest BCUT2D eigenvalue weighted by Gasteiger charge is 2.18. The molecule has 25 heavy (non-hydrogen) atoms. The third-order valence-electron chi connectivity index (χ3n) is 4.52. The molecular formula is C19H17N3OS2. The zero-order valence-electron chi connectivity index (χ0n) is 14.5. The van der Waals surface area contributed by atoms with E-state index in [1.807, 2.05) is 19.2 Å². The molecule has 0 bridgehead atoms. The maximum atomic E-state index is 12.6. The summed E-state index contributed by atoms with van der Waals surface area (Å²) >= 11 is 3.26. The van der Waals surface area contributed by atoms with Crippen LogP contribution in [0.25, 0.3) is 31.2 Å². The lowest BCUT2D eigenvalue weighted by atomic mass is 10.1. The average molecular weight is 367 g/mol. The fourth-order valence-corrected chi connectivity index (χ4v) is 5.16. The molecule has 0 aliphatic heterocycles. The summed E-state index contributed by atoms with van der Waals surface area (Å²) < 4.78 is 2.65. The molecule has 6 heteroatoms. The molecule has 3 aromatic heterocycles. The first-order chi connectivity index (χ1) is 12.0. The van der Waals surface area contributed by atoms with E-state index in [0.717, 1.165) is 22.0 Å². The minimum absolute atomic E-state index is 0.0999. The summed E-state index contributed by atoms with van der Waals surface area (Å²) in [4.78, 5) is 18.5. The van der Waals surface area contributed by atoms with Gasteiger partial charge in [-0.1, -0.05) is 18.2 Å². The van der Waals surface area contributed by atoms with Gasteiger partial charge >= 0.3 is 0 Å². The van der Waals surface area contributed by atoms with Gasteiger partial charge in [-0.2, -0.15) is 5.10 Å². The maximum absolute atomic E-state index is 12.6. The van der Waals surface area contributed by atoms with Crippen molar-refractivity contribution in [2.24, 2.45) is 7.05 Å².